The molecule has 78 valence electrons. The van der Waals surface area contributed by atoms with Gasteiger partial charge in [-0.15, -0.1) is 0 Å². The Hall–Kier alpha value is -1.05. The average molecular weight is 196 g/mol. The van der Waals surface area contributed by atoms with Gasteiger partial charge in [-0.25, -0.2) is 4.39 Å². The first-order valence-corrected chi connectivity index (χ1v) is 4.96. The molecule has 14 heavy (non-hydrogen) atoms. The lowest BCUT2D eigenvalue weighted by Gasteiger charge is -2.09. The first-order valence-electron chi connectivity index (χ1n) is 4.96. The van der Waals surface area contributed by atoms with Gasteiger partial charge in [0, 0.05) is 6.07 Å². The summed E-state index contributed by atoms with van der Waals surface area (Å²) in [5.41, 5.74) is 1.09. The first-order chi connectivity index (χ1) is 6.63. The summed E-state index contributed by atoms with van der Waals surface area (Å²) in [5, 5.41) is 0. The molecule has 0 radical (unpaired) electrons. The quantitative estimate of drug-likeness (QED) is 0.717. The van der Waals surface area contributed by atoms with Crippen molar-refractivity contribution in [3.63, 3.8) is 0 Å². The number of benzene rings is 1. The Bertz CT molecular complexity index is 294. The van der Waals surface area contributed by atoms with E-state index in [9.17, 15) is 4.39 Å². The van der Waals surface area contributed by atoms with E-state index in [0.29, 0.717) is 11.7 Å². The third-order valence-electron chi connectivity index (χ3n) is 2.24. The Morgan fingerprint density at radius 1 is 1.36 bits per heavy atom. The number of hydrogen-bond acceptors (Lipinski definition) is 1. The molecule has 0 fully saturated rings. The zero-order chi connectivity index (χ0) is 10.6. The fourth-order valence-electron chi connectivity index (χ4n) is 1.37. The molecular formula is C12H17FO. The molecule has 1 nitrogen and oxygen atoms in total. The summed E-state index contributed by atoms with van der Waals surface area (Å²) in [4.78, 5) is 0. The van der Waals surface area contributed by atoms with Crippen molar-refractivity contribution in [1.82, 2.24) is 0 Å². The van der Waals surface area contributed by atoms with Gasteiger partial charge in [0.2, 0.25) is 0 Å². The fraction of sp³-hybridized carbons (Fsp3) is 0.500. The molecule has 0 aliphatic carbocycles. The Labute approximate surface area is 84.9 Å². The van der Waals surface area contributed by atoms with E-state index >= 15 is 0 Å². The largest absolute Gasteiger partial charge is 0.496 e. The van der Waals surface area contributed by atoms with Gasteiger partial charge in [0.05, 0.1) is 7.11 Å². The van der Waals surface area contributed by atoms with E-state index in [1.165, 1.54) is 12.1 Å². The predicted molar refractivity (Wildman–Crippen MR) is 56.1 cm³/mol. The van der Waals surface area contributed by atoms with Crippen molar-refractivity contribution < 1.29 is 9.13 Å². The van der Waals surface area contributed by atoms with Gasteiger partial charge in [-0.2, -0.15) is 0 Å². The second-order valence-corrected chi connectivity index (χ2v) is 3.89. The van der Waals surface area contributed by atoms with Crippen molar-refractivity contribution in [3.8, 4) is 5.75 Å². The zero-order valence-electron chi connectivity index (χ0n) is 9.01. The van der Waals surface area contributed by atoms with E-state index in [2.05, 4.69) is 13.8 Å². The van der Waals surface area contributed by atoms with Gasteiger partial charge in [0.15, 0.2) is 0 Å². The Kier molecular flexibility index (Phi) is 3.93. The summed E-state index contributed by atoms with van der Waals surface area (Å²) in [6, 6.07) is 4.73. The summed E-state index contributed by atoms with van der Waals surface area (Å²) in [7, 11) is 1.58. The summed E-state index contributed by atoms with van der Waals surface area (Å²) in [6.45, 7) is 4.35. The first kappa shape index (κ1) is 11.0. The van der Waals surface area contributed by atoms with E-state index in [4.69, 9.17) is 4.74 Å². The monoisotopic (exact) mass is 196 g/mol. The molecule has 0 saturated heterocycles. The van der Waals surface area contributed by atoms with Gasteiger partial charge in [-0.3, -0.25) is 0 Å². The minimum absolute atomic E-state index is 0.241. The standard InChI is InChI=1S/C12H17FO/c1-9(2)4-5-10-6-7-11(13)8-12(10)14-3/h6-9H,4-5H2,1-3H3. The highest BCUT2D eigenvalue weighted by Gasteiger charge is 2.05. The van der Waals surface area contributed by atoms with Gasteiger partial charge < -0.3 is 4.74 Å². The van der Waals surface area contributed by atoms with Crippen LogP contribution in [0, 0.1) is 11.7 Å². The molecule has 0 atom stereocenters. The lowest BCUT2D eigenvalue weighted by Crippen LogP contribution is -1.96. The maximum atomic E-state index is 12.9. The van der Waals surface area contributed by atoms with Crippen LogP contribution in [-0.2, 0) is 6.42 Å². The minimum Gasteiger partial charge on any atom is -0.496 e. The maximum absolute atomic E-state index is 12.9. The Balaban J connectivity index is 2.75. The molecule has 1 aromatic carbocycles. The van der Waals surface area contributed by atoms with Crippen molar-refractivity contribution >= 4 is 0 Å². The summed E-state index contributed by atoms with van der Waals surface area (Å²) >= 11 is 0. The summed E-state index contributed by atoms with van der Waals surface area (Å²) < 4.78 is 18.0. The van der Waals surface area contributed by atoms with Crippen molar-refractivity contribution in [2.75, 3.05) is 7.11 Å². The molecule has 0 amide bonds. The van der Waals surface area contributed by atoms with Crippen LogP contribution in [0.4, 0.5) is 4.39 Å². The van der Waals surface area contributed by atoms with E-state index < -0.39 is 0 Å². The van der Waals surface area contributed by atoms with Gasteiger partial charge >= 0.3 is 0 Å². The number of rotatable bonds is 4. The number of halogens is 1. The Morgan fingerprint density at radius 3 is 2.64 bits per heavy atom. The molecule has 1 aromatic rings. The van der Waals surface area contributed by atoms with Crippen LogP contribution >= 0.6 is 0 Å². The highest BCUT2D eigenvalue weighted by atomic mass is 19.1. The number of ether oxygens (including phenoxy) is 1. The smallest absolute Gasteiger partial charge is 0.126 e. The van der Waals surface area contributed by atoms with Crippen LogP contribution in [0.25, 0.3) is 0 Å². The van der Waals surface area contributed by atoms with Crippen molar-refractivity contribution in [2.45, 2.75) is 26.7 Å². The topological polar surface area (TPSA) is 9.23 Å². The maximum Gasteiger partial charge on any atom is 0.126 e. The molecular weight excluding hydrogens is 179 g/mol. The highest BCUT2D eigenvalue weighted by Crippen LogP contribution is 2.22. The minimum atomic E-state index is -0.241. The van der Waals surface area contributed by atoms with Crippen LogP contribution in [0.1, 0.15) is 25.8 Å². The van der Waals surface area contributed by atoms with Crippen LogP contribution in [-0.4, -0.2) is 7.11 Å². The lowest BCUT2D eigenvalue weighted by atomic mass is 10.0. The van der Waals surface area contributed by atoms with Gasteiger partial charge in [0.1, 0.15) is 11.6 Å². The Morgan fingerprint density at radius 2 is 2.07 bits per heavy atom. The molecule has 0 bridgehead atoms. The van der Waals surface area contributed by atoms with E-state index in [1.807, 2.05) is 0 Å². The van der Waals surface area contributed by atoms with E-state index in [1.54, 1.807) is 13.2 Å². The van der Waals surface area contributed by atoms with Crippen LogP contribution < -0.4 is 4.74 Å². The van der Waals surface area contributed by atoms with E-state index in [-0.39, 0.29) is 5.82 Å². The summed E-state index contributed by atoms with van der Waals surface area (Å²) in [6.07, 6.45) is 2.04. The predicted octanol–water partition coefficient (Wildman–Crippen LogP) is 3.42. The molecule has 0 unspecified atom stereocenters. The fourth-order valence-corrected chi connectivity index (χ4v) is 1.37. The number of aryl methyl sites for hydroxylation is 1. The van der Waals surface area contributed by atoms with Crippen molar-refractivity contribution in [1.29, 1.82) is 0 Å². The second-order valence-electron chi connectivity index (χ2n) is 3.89. The third-order valence-corrected chi connectivity index (χ3v) is 2.24. The number of hydrogen-bond donors (Lipinski definition) is 0. The van der Waals surface area contributed by atoms with Crippen molar-refractivity contribution in [3.05, 3.63) is 29.6 Å². The van der Waals surface area contributed by atoms with Gasteiger partial charge in [-0.05, 0) is 30.4 Å². The van der Waals surface area contributed by atoms with Crippen LogP contribution in [0.5, 0.6) is 5.75 Å². The molecule has 0 heterocycles. The zero-order valence-corrected chi connectivity index (χ0v) is 9.01. The number of methoxy groups -OCH3 is 1. The third kappa shape index (κ3) is 3.02. The van der Waals surface area contributed by atoms with Crippen LogP contribution in [0.3, 0.4) is 0 Å². The molecule has 0 spiro atoms. The SMILES string of the molecule is COc1cc(F)ccc1CCC(C)C. The molecule has 0 aromatic heterocycles. The van der Waals surface area contributed by atoms with Gasteiger partial charge in [0.25, 0.3) is 0 Å². The normalized spacial score (nSPS) is 10.6. The van der Waals surface area contributed by atoms with Gasteiger partial charge in [-0.1, -0.05) is 19.9 Å². The van der Waals surface area contributed by atoms with Crippen molar-refractivity contribution in [2.24, 2.45) is 5.92 Å². The molecule has 0 saturated carbocycles. The molecule has 2 heteroatoms. The van der Waals surface area contributed by atoms with Crippen LogP contribution in [0.15, 0.2) is 18.2 Å². The molecule has 1 rings (SSSR count). The molecule has 0 N–H and O–H groups in total. The van der Waals surface area contributed by atoms with E-state index in [0.717, 1.165) is 18.4 Å². The van der Waals surface area contributed by atoms with Crippen LogP contribution in [0.2, 0.25) is 0 Å². The summed E-state index contributed by atoms with van der Waals surface area (Å²) in [5.74, 6) is 1.07. The molecule has 0 aliphatic heterocycles. The lowest BCUT2D eigenvalue weighted by molar-refractivity contribution is 0.404. The second kappa shape index (κ2) is 4.99. The highest BCUT2D eigenvalue weighted by molar-refractivity contribution is 5.34. The molecule has 0 aliphatic rings. The average Bonchev–Trinajstić information content (AvgIpc) is 2.15.